The average Bonchev–Trinajstić information content (AvgIpc) is 3.31. The van der Waals surface area contributed by atoms with Crippen LogP contribution in [0.25, 0.3) is 0 Å². The maximum Gasteiger partial charge on any atom is 0.426 e. The first-order chi connectivity index (χ1) is 23.5. The minimum atomic E-state index is -1.20. The maximum atomic E-state index is 14.6. The van der Waals surface area contributed by atoms with Gasteiger partial charge in [0, 0.05) is 71.9 Å². The van der Waals surface area contributed by atoms with E-state index in [2.05, 4.69) is 81.0 Å². The second kappa shape index (κ2) is 14.7. The fourth-order valence-electron chi connectivity index (χ4n) is 7.51. The van der Waals surface area contributed by atoms with E-state index in [9.17, 15) is 9.59 Å². The van der Waals surface area contributed by atoms with Gasteiger partial charge in [-0.05, 0) is 103 Å². The van der Waals surface area contributed by atoms with E-state index in [0.717, 1.165) is 92.8 Å². The third-order valence-electron chi connectivity index (χ3n) is 9.86. The molecule has 0 aromatic heterocycles. The zero-order chi connectivity index (χ0) is 35.5. The smallest absolute Gasteiger partial charge is 0.426 e. The van der Waals surface area contributed by atoms with Crippen LogP contribution in [-0.4, -0.2) is 48.8 Å². The van der Waals surface area contributed by atoms with Crippen LogP contribution < -0.4 is 20.0 Å². The number of anilines is 2. The fraction of sp³-hybridized carbons (Fsp3) is 0.512. The highest BCUT2D eigenvalue weighted by molar-refractivity contribution is 6.03. The molecule has 0 radical (unpaired) electrons. The van der Waals surface area contributed by atoms with Gasteiger partial charge >= 0.3 is 6.09 Å². The number of carbonyl (C=O) groups is 2. The fourth-order valence-corrected chi connectivity index (χ4v) is 7.51. The number of aryl methyl sites for hydroxylation is 2. The van der Waals surface area contributed by atoms with E-state index >= 15 is 0 Å². The summed E-state index contributed by atoms with van der Waals surface area (Å²) >= 11 is 0. The summed E-state index contributed by atoms with van der Waals surface area (Å²) in [5.74, 6) is 1.08. The van der Waals surface area contributed by atoms with E-state index in [0.29, 0.717) is 17.1 Å². The van der Waals surface area contributed by atoms with Crippen LogP contribution in [0.5, 0.6) is 11.5 Å². The lowest BCUT2D eigenvalue weighted by Gasteiger charge is -2.45. The number of fused-ring (bicyclic) bond motifs is 6. The Morgan fingerprint density at radius 3 is 1.71 bits per heavy atom. The van der Waals surface area contributed by atoms with E-state index in [-0.39, 0.29) is 5.91 Å². The van der Waals surface area contributed by atoms with Gasteiger partial charge in [-0.15, -0.1) is 0 Å². The number of rotatable bonds is 13. The van der Waals surface area contributed by atoms with Gasteiger partial charge in [-0.3, -0.25) is 4.79 Å². The number of benzene rings is 3. The number of ether oxygens (including phenoxy) is 2. The van der Waals surface area contributed by atoms with Crippen molar-refractivity contribution in [3.63, 3.8) is 0 Å². The number of hydrazine groups is 1. The number of nitrogens with zero attached hydrogens (tertiary/aromatic N) is 3. The Balaban J connectivity index is 1.90. The molecule has 49 heavy (non-hydrogen) atoms. The molecule has 0 atom stereocenters. The Bertz CT molecular complexity index is 1600. The number of hydrogen-bond donors (Lipinski definition) is 1. The highest BCUT2D eigenvalue weighted by Crippen LogP contribution is 2.59. The van der Waals surface area contributed by atoms with Crippen LogP contribution in [0.1, 0.15) is 126 Å². The van der Waals surface area contributed by atoms with Gasteiger partial charge in [-0.2, -0.15) is 0 Å². The first kappa shape index (κ1) is 36.1. The van der Waals surface area contributed by atoms with Crippen LogP contribution in [-0.2, 0) is 23.1 Å². The highest BCUT2D eigenvalue weighted by atomic mass is 16.6. The van der Waals surface area contributed by atoms with Crippen molar-refractivity contribution in [2.24, 2.45) is 0 Å². The highest BCUT2D eigenvalue weighted by Gasteiger charge is 2.58. The van der Waals surface area contributed by atoms with E-state index in [1.807, 2.05) is 45.0 Å². The Hall–Kier alpha value is -4.20. The lowest BCUT2D eigenvalue weighted by atomic mass is 9.73. The molecule has 3 aromatic carbocycles. The van der Waals surface area contributed by atoms with Crippen molar-refractivity contribution in [3.05, 3.63) is 81.9 Å². The summed E-state index contributed by atoms with van der Waals surface area (Å²) < 4.78 is 12.8. The van der Waals surface area contributed by atoms with Crippen LogP contribution in [0.4, 0.5) is 16.2 Å². The molecule has 2 heterocycles. The van der Waals surface area contributed by atoms with Crippen LogP contribution >= 0.6 is 0 Å². The van der Waals surface area contributed by atoms with Crippen LogP contribution in [0.15, 0.2) is 48.5 Å². The molecule has 0 bridgehead atoms. The quantitative estimate of drug-likeness (QED) is 0.196. The zero-order valence-electron chi connectivity index (χ0n) is 31.2. The molecule has 264 valence electrons. The normalized spacial score (nSPS) is 14.2. The Labute approximate surface area is 293 Å². The number of hydrogen-bond acceptors (Lipinski definition) is 6. The Kier molecular flexibility index (Phi) is 10.9. The van der Waals surface area contributed by atoms with Gasteiger partial charge in [0.05, 0.1) is 0 Å². The van der Waals surface area contributed by atoms with Gasteiger partial charge in [-0.1, -0.05) is 44.9 Å². The predicted molar refractivity (Wildman–Crippen MR) is 199 cm³/mol. The van der Waals surface area contributed by atoms with E-state index in [4.69, 9.17) is 9.47 Å². The average molecular weight is 669 g/mol. The first-order valence-electron chi connectivity index (χ1n) is 18.4. The van der Waals surface area contributed by atoms with Crippen molar-refractivity contribution in [3.8, 4) is 11.5 Å². The second-order valence-electron chi connectivity index (χ2n) is 14.1. The van der Waals surface area contributed by atoms with Gasteiger partial charge in [0.25, 0.3) is 5.91 Å². The van der Waals surface area contributed by atoms with E-state index in [1.54, 1.807) is 0 Å². The molecule has 2 amide bonds. The molecule has 0 saturated carbocycles. The molecule has 8 heteroatoms. The summed E-state index contributed by atoms with van der Waals surface area (Å²) in [6.45, 7) is 22.0. The number of amides is 2. The molecule has 3 aromatic rings. The zero-order valence-corrected chi connectivity index (χ0v) is 31.2. The van der Waals surface area contributed by atoms with Gasteiger partial charge in [0.1, 0.15) is 22.6 Å². The van der Waals surface area contributed by atoms with Gasteiger partial charge < -0.3 is 19.3 Å². The van der Waals surface area contributed by atoms with Crippen molar-refractivity contribution in [1.29, 1.82) is 0 Å². The lowest BCUT2D eigenvalue weighted by Crippen LogP contribution is -2.56. The minimum Gasteiger partial charge on any atom is -0.456 e. The number of carbonyl (C=O) groups excluding carboxylic acids is 2. The number of unbranched alkanes of at least 4 members (excludes halogenated alkanes) is 2. The monoisotopic (exact) mass is 668 g/mol. The molecule has 0 unspecified atom stereocenters. The first-order valence-corrected chi connectivity index (χ1v) is 18.4. The standard InChI is InChI=1S/C41H56N4O4/c1-10-16-20-28-24-32-36(26-34(28)43(12-3)13-4)48-37-27-35(44(14-5)15-6)29(21-17-11-2)25-33(37)41(32)31-23-19-18-22-30(31)38(46)45(41)42-39(47)49-40(7,8)9/h18-19,22-27H,10-17,20-21H2,1-9H3,(H,42,47). The molecule has 1 spiro atoms. The topological polar surface area (TPSA) is 74.4 Å². The van der Waals surface area contributed by atoms with Crippen LogP contribution in [0.2, 0.25) is 0 Å². The number of nitrogens with one attached hydrogen (secondary N) is 1. The lowest BCUT2D eigenvalue weighted by molar-refractivity contribution is 0.0181. The van der Waals surface area contributed by atoms with E-state index < -0.39 is 17.2 Å². The summed E-state index contributed by atoms with van der Waals surface area (Å²) in [4.78, 5) is 33.0. The molecule has 2 aliphatic rings. The minimum absolute atomic E-state index is 0.286. The van der Waals surface area contributed by atoms with Crippen molar-refractivity contribution in [1.82, 2.24) is 10.4 Å². The largest absolute Gasteiger partial charge is 0.456 e. The van der Waals surface area contributed by atoms with Gasteiger partial charge in [0.15, 0.2) is 0 Å². The molecule has 0 fully saturated rings. The molecule has 5 rings (SSSR count). The molecule has 8 nitrogen and oxygen atoms in total. The van der Waals surface area contributed by atoms with Crippen molar-refractivity contribution in [2.45, 2.75) is 112 Å². The third kappa shape index (κ3) is 6.59. The molecular formula is C41H56N4O4. The molecule has 2 aliphatic heterocycles. The van der Waals surface area contributed by atoms with Crippen LogP contribution in [0.3, 0.4) is 0 Å². The summed E-state index contributed by atoms with van der Waals surface area (Å²) in [5.41, 5.74) is 8.75. The van der Waals surface area contributed by atoms with Crippen LogP contribution in [0, 0.1) is 0 Å². The maximum absolute atomic E-state index is 14.6. The van der Waals surface area contributed by atoms with Crippen molar-refractivity contribution >= 4 is 23.4 Å². The summed E-state index contributed by atoms with van der Waals surface area (Å²) in [7, 11) is 0. The van der Waals surface area contributed by atoms with Gasteiger partial charge in [0.2, 0.25) is 0 Å². The summed E-state index contributed by atoms with van der Waals surface area (Å²) in [6.07, 6.45) is 5.26. The van der Waals surface area contributed by atoms with Crippen molar-refractivity contribution in [2.75, 3.05) is 36.0 Å². The summed E-state index contributed by atoms with van der Waals surface area (Å²) in [5, 5.41) is 1.52. The molecule has 0 saturated heterocycles. The van der Waals surface area contributed by atoms with E-state index in [1.165, 1.54) is 16.1 Å². The Morgan fingerprint density at radius 1 is 0.776 bits per heavy atom. The Morgan fingerprint density at radius 2 is 1.27 bits per heavy atom. The molecular weight excluding hydrogens is 612 g/mol. The summed E-state index contributed by atoms with van der Waals surface area (Å²) in [6, 6.07) is 16.6. The SMILES string of the molecule is CCCCc1cc2c(cc1N(CC)CC)Oc1cc(N(CC)CC)c(CCCC)cc1C21c2ccccc2C(=O)N1NC(=O)OC(C)(C)C. The predicted octanol–water partition coefficient (Wildman–Crippen LogP) is 9.36. The molecule has 1 N–H and O–H groups in total. The second-order valence-corrected chi connectivity index (χ2v) is 14.1. The van der Waals surface area contributed by atoms with Gasteiger partial charge in [-0.25, -0.2) is 15.2 Å². The third-order valence-corrected chi connectivity index (χ3v) is 9.86. The molecule has 0 aliphatic carbocycles. The van der Waals surface area contributed by atoms with Crippen molar-refractivity contribution < 1.29 is 19.1 Å².